The molecule has 0 unspecified atom stereocenters. The van der Waals surface area contributed by atoms with Crippen LogP contribution in [0.4, 0.5) is 0 Å². The Kier molecular flexibility index (Phi) is 4.48. The molecule has 5 rings (SSSR count). The van der Waals surface area contributed by atoms with Crippen molar-refractivity contribution in [1.29, 1.82) is 0 Å². The Bertz CT molecular complexity index is 526. The Balaban J connectivity index is 1.29. The third-order valence-corrected chi connectivity index (χ3v) is 6.58. The van der Waals surface area contributed by atoms with Gasteiger partial charge in [0.1, 0.15) is 12.2 Å². The van der Waals surface area contributed by atoms with E-state index in [9.17, 15) is 4.79 Å². The van der Waals surface area contributed by atoms with E-state index in [1.165, 1.54) is 12.8 Å². The average Bonchev–Trinajstić information content (AvgIpc) is 3.30. The lowest BCUT2D eigenvalue weighted by atomic mass is 9.94. The quantitative estimate of drug-likeness (QED) is 0.708. The van der Waals surface area contributed by atoms with Gasteiger partial charge in [-0.25, -0.2) is 0 Å². The van der Waals surface area contributed by atoms with Gasteiger partial charge in [0.15, 0.2) is 30.1 Å². The molecular formula is C19H28O7. The topological polar surface area (TPSA) is 72.5 Å². The predicted octanol–water partition coefficient (Wildman–Crippen LogP) is 2.40. The number of carbonyl (C=O) groups is 1. The molecule has 7 nitrogen and oxygen atoms in total. The molecule has 0 bridgehead atoms. The third-order valence-electron chi connectivity index (χ3n) is 6.58. The number of fused-ring (bicyclic) bond motifs is 1. The van der Waals surface area contributed by atoms with E-state index in [-0.39, 0.29) is 6.10 Å². The van der Waals surface area contributed by atoms with Crippen molar-refractivity contribution in [1.82, 2.24) is 0 Å². The maximum absolute atomic E-state index is 11.1. The van der Waals surface area contributed by atoms with Crippen molar-refractivity contribution in [2.24, 2.45) is 0 Å². The number of ether oxygens (including phenoxy) is 6. The maximum atomic E-state index is 11.1. The van der Waals surface area contributed by atoms with Gasteiger partial charge in [0, 0.05) is 25.7 Å². The van der Waals surface area contributed by atoms with Crippen LogP contribution in [0.3, 0.4) is 0 Å². The number of hydrogen-bond acceptors (Lipinski definition) is 7. The van der Waals surface area contributed by atoms with Crippen molar-refractivity contribution >= 4 is 6.47 Å². The van der Waals surface area contributed by atoms with Crippen LogP contribution in [0, 0.1) is 0 Å². The Morgan fingerprint density at radius 3 is 2.19 bits per heavy atom. The summed E-state index contributed by atoms with van der Waals surface area (Å²) in [5, 5.41) is 0. The monoisotopic (exact) mass is 368 g/mol. The highest BCUT2D eigenvalue weighted by atomic mass is 16.9. The van der Waals surface area contributed by atoms with Crippen LogP contribution in [-0.2, 0) is 33.2 Å². The van der Waals surface area contributed by atoms with Gasteiger partial charge in [0.05, 0.1) is 6.61 Å². The van der Waals surface area contributed by atoms with E-state index >= 15 is 0 Å². The Morgan fingerprint density at radius 1 is 0.808 bits per heavy atom. The summed E-state index contributed by atoms with van der Waals surface area (Å²) in [6.45, 7) is 0.929. The highest BCUT2D eigenvalue weighted by Gasteiger charge is 2.62. The Morgan fingerprint density at radius 2 is 1.50 bits per heavy atom. The van der Waals surface area contributed by atoms with Gasteiger partial charge in [0.2, 0.25) is 0 Å². The highest BCUT2D eigenvalue weighted by Crippen LogP contribution is 2.48. The molecule has 2 aliphatic carbocycles. The van der Waals surface area contributed by atoms with Gasteiger partial charge in [-0.3, -0.25) is 4.79 Å². The molecule has 3 heterocycles. The lowest BCUT2D eigenvalue weighted by Crippen LogP contribution is -2.45. The van der Waals surface area contributed by atoms with Gasteiger partial charge in [0.25, 0.3) is 6.47 Å². The van der Waals surface area contributed by atoms with Crippen molar-refractivity contribution in [3.8, 4) is 0 Å². The minimum atomic E-state index is -0.569. The van der Waals surface area contributed by atoms with Crippen LogP contribution in [0.1, 0.15) is 64.2 Å². The van der Waals surface area contributed by atoms with Crippen molar-refractivity contribution in [3.05, 3.63) is 0 Å². The molecule has 5 aliphatic rings. The second kappa shape index (κ2) is 6.71. The molecule has 26 heavy (non-hydrogen) atoms. The average molecular weight is 368 g/mol. The van der Waals surface area contributed by atoms with Crippen LogP contribution in [0.5, 0.6) is 0 Å². The molecule has 146 valence electrons. The predicted molar refractivity (Wildman–Crippen MR) is 88.0 cm³/mol. The van der Waals surface area contributed by atoms with Crippen LogP contribution < -0.4 is 0 Å². The lowest BCUT2D eigenvalue weighted by molar-refractivity contribution is -0.260. The van der Waals surface area contributed by atoms with Crippen molar-refractivity contribution < 1.29 is 33.2 Å². The molecular weight excluding hydrogens is 340 g/mol. The fourth-order valence-corrected chi connectivity index (χ4v) is 5.29. The number of carbonyl (C=O) groups excluding carboxylic acids is 1. The molecule has 0 aromatic carbocycles. The zero-order valence-electron chi connectivity index (χ0n) is 15.1. The van der Waals surface area contributed by atoms with E-state index in [0.717, 1.165) is 51.4 Å². The molecule has 0 aromatic rings. The summed E-state index contributed by atoms with van der Waals surface area (Å²) in [6.07, 6.45) is 8.30. The van der Waals surface area contributed by atoms with Crippen molar-refractivity contribution in [3.63, 3.8) is 0 Å². The minimum Gasteiger partial charge on any atom is -0.459 e. The van der Waals surface area contributed by atoms with Crippen molar-refractivity contribution in [2.45, 2.75) is 106 Å². The molecule has 0 N–H and O–H groups in total. The summed E-state index contributed by atoms with van der Waals surface area (Å²) in [5.74, 6) is -1.05. The molecule has 5 atom stereocenters. The molecule has 2 saturated carbocycles. The molecule has 5 fully saturated rings. The third kappa shape index (κ3) is 2.88. The summed E-state index contributed by atoms with van der Waals surface area (Å²) < 4.78 is 36.4. The summed E-state index contributed by atoms with van der Waals surface area (Å²) in [5.41, 5.74) is 0. The van der Waals surface area contributed by atoms with E-state index in [1.807, 2.05) is 0 Å². The number of hydrogen-bond donors (Lipinski definition) is 0. The first kappa shape index (κ1) is 17.4. The molecule has 7 heteroatoms. The molecule has 0 aromatic heterocycles. The van der Waals surface area contributed by atoms with Crippen LogP contribution in [-0.4, -0.2) is 55.4 Å². The summed E-state index contributed by atoms with van der Waals surface area (Å²) in [7, 11) is 0. The first-order chi connectivity index (χ1) is 12.7. The standard InChI is InChI=1S/C19H28O7/c20-12-21-15-14(13-11-22-18(24-13)7-3-1-4-8-18)23-17-16(15)25-19(26-17)9-5-2-6-10-19/h12-17H,1-11H2/t13-,14-,15+,16-,17-/m1/s1. The van der Waals surface area contributed by atoms with E-state index in [0.29, 0.717) is 13.1 Å². The second-order valence-electron chi connectivity index (χ2n) is 8.28. The maximum Gasteiger partial charge on any atom is 0.293 e. The fourth-order valence-electron chi connectivity index (χ4n) is 5.29. The fraction of sp³-hybridized carbons (Fsp3) is 0.947. The van der Waals surface area contributed by atoms with Crippen LogP contribution in [0.2, 0.25) is 0 Å². The zero-order valence-corrected chi connectivity index (χ0v) is 15.1. The minimum absolute atomic E-state index is 0.266. The number of rotatable bonds is 3. The van der Waals surface area contributed by atoms with E-state index < -0.39 is 36.2 Å². The van der Waals surface area contributed by atoms with E-state index in [4.69, 9.17) is 28.4 Å². The molecule has 0 amide bonds. The summed E-state index contributed by atoms with van der Waals surface area (Å²) in [6, 6.07) is 0. The smallest absolute Gasteiger partial charge is 0.293 e. The van der Waals surface area contributed by atoms with Crippen LogP contribution >= 0.6 is 0 Å². The van der Waals surface area contributed by atoms with Gasteiger partial charge in [-0.05, 0) is 25.7 Å². The van der Waals surface area contributed by atoms with Crippen LogP contribution in [0.15, 0.2) is 0 Å². The Hall–Kier alpha value is -0.730. The first-order valence-corrected chi connectivity index (χ1v) is 10.1. The lowest BCUT2D eigenvalue weighted by Gasteiger charge is -2.35. The van der Waals surface area contributed by atoms with Gasteiger partial charge in [-0.2, -0.15) is 0 Å². The molecule has 3 aliphatic heterocycles. The molecule has 0 radical (unpaired) electrons. The highest BCUT2D eigenvalue weighted by molar-refractivity contribution is 5.38. The van der Waals surface area contributed by atoms with Crippen molar-refractivity contribution in [2.75, 3.05) is 6.61 Å². The second-order valence-corrected chi connectivity index (χ2v) is 8.28. The van der Waals surface area contributed by atoms with Gasteiger partial charge in [-0.1, -0.05) is 12.8 Å². The van der Waals surface area contributed by atoms with E-state index in [2.05, 4.69) is 0 Å². The van der Waals surface area contributed by atoms with Gasteiger partial charge < -0.3 is 28.4 Å². The first-order valence-electron chi connectivity index (χ1n) is 10.1. The zero-order chi connectivity index (χ0) is 17.6. The normalized spacial score (nSPS) is 43.6. The largest absolute Gasteiger partial charge is 0.459 e. The SMILES string of the molecule is O=CO[C@@H]1[C@H]2OC3(CCCCC3)O[C@H]2O[C@@H]1[C@H]1COC2(CCCCC2)O1. The van der Waals surface area contributed by atoms with Crippen LogP contribution in [0.25, 0.3) is 0 Å². The Labute approximate surface area is 153 Å². The van der Waals surface area contributed by atoms with Gasteiger partial charge in [-0.15, -0.1) is 0 Å². The summed E-state index contributed by atoms with van der Waals surface area (Å²) in [4.78, 5) is 11.1. The molecule has 2 spiro atoms. The summed E-state index contributed by atoms with van der Waals surface area (Å²) >= 11 is 0. The van der Waals surface area contributed by atoms with E-state index in [1.54, 1.807) is 0 Å². The molecule has 3 saturated heterocycles. The van der Waals surface area contributed by atoms with Gasteiger partial charge >= 0.3 is 0 Å².